The summed E-state index contributed by atoms with van der Waals surface area (Å²) in [7, 11) is 2.12. The van der Waals surface area contributed by atoms with E-state index >= 15 is 0 Å². The number of nitrogens with zero attached hydrogens (tertiary/aromatic N) is 6. The van der Waals surface area contributed by atoms with E-state index in [-0.39, 0.29) is 19.5 Å². The number of rotatable bonds is 5. The fourth-order valence-corrected chi connectivity index (χ4v) is 4.33. The molecule has 2 N–H and O–H groups in total. The number of nitrogens with one attached hydrogen (secondary N) is 2. The molecule has 33 heavy (non-hydrogen) atoms. The lowest BCUT2D eigenvalue weighted by atomic mass is 9.95. The van der Waals surface area contributed by atoms with E-state index in [9.17, 15) is 8.78 Å². The quantitative estimate of drug-likeness (QED) is 0.609. The molecular weight excluding hydrogens is 426 g/mol. The van der Waals surface area contributed by atoms with Crippen LogP contribution in [0, 0.1) is 5.92 Å². The zero-order chi connectivity index (χ0) is 22.8. The highest BCUT2D eigenvalue weighted by Crippen LogP contribution is 2.32. The highest BCUT2D eigenvalue weighted by Gasteiger charge is 2.41. The minimum absolute atomic E-state index is 0.0999. The van der Waals surface area contributed by atoms with Crippen LogP contribution in [0.4, 0.5) is 20.4 Å². The highest BCUT2D eigenvalue weighted by molar-refractivity contribution is 5.88. The first-order valence-electron chi connectivity index (χ1n) is 11.3. The molecule has 5 heterocycles. The predicted molar refractivity (Wildman–Crippen MR) is 125 cm³/mol. The third-order valence-electron chi connectivity index (χ3n) is 6.47. The van der Waals surface area contributed by atoms with Crippen LogP contribution in [0.25, 0.3) is 22.3 Å². The molecule has 0 spiro atoms. The number of fused-ring (bicyclic) bond motifs is 1. The Bertz CT molecular complexity index is 1100. The Morgan fingerprint density at radius 3 is 2.70 bits per heavy atom. The fourth-order valence-electron chi connectivity index (χ4n) is 4.33. The number of likely N-dealkylation sites (N-methyl/N-ethyl adjacent to an activating group) is 1. The van der Waals surface area contributed by atoms with Gasteiger partial charge < -0.3 is 20.4 Å². The number of halogens is 2. The summed E-state index contributed by atoms with van der Waals surface area (Å²) in [4.78, 5) is 22.7. The standard InChI is InChI=1S/C23H28F2N8/c1-32-8-10-33(11-9-32)20-3-2-16(13-29-20)18-12-19-21(28-7-6-27-19)22(31-18)30-15-17-14-26-5-4-23(17,24)25/h2-3,6-7,12-13,17,26H,4-5,8-11,14-15H2,1H3,(H,30,31). The van der Waals surface area contributed by atoms with Crippen molar-refractivity contribution in [1.82, 2.24) is 30.2 Å². The topological polar surface area (TPSA) is 82.1 Å². The van der Waals surface area contributed by atoms with Crippen LogP contribution in [-0.2, 0) is 0 Å². The molecule has 0 aliphatic carbocycles. The number of hydrogen-bond acceptors (Lipinski definition) is 8. The molecular formula is C23H28F2N8. The van der Waals surface area contributed by atoms with E-state index in [1.165, 1.54) is 0 Å². The number of piperidine rings is 1. The third kappa shape index (κ3) is 4.72. The van der Waals surface area contributed by atoms with E-state index in [2.05, 4.69) is 42.4 Å². The van der Waals surface area contributed by atoms with Crippen LogP contribution >= 0.6 is 0 Å². The van der Waals surface area contributed by atoms with Crippen molar-refractivity contribution in [3.05, 3.63) is 36.8 Å². The molecule has 3 aromatic heterocycles. The van der Waals surface area contributed by atoms with Crippen molar-refractivity contribution in [3.63, 3.8) is 0 Å². The summed E-state index contributed by atoms with van der Waals surface area (Å²) in [6.07, 6.45) is 4.85. The minimum atomic E-state index is -2.71. The van der Waals surface area contributed by atoms with Gasteiger partial charge in [0.1, 0.15) is 11.3 Å². The van der Waals surface area contributed by atoms with Crippen molar-refractivity contribution in [2.45, 2.75) is 12.3 Å². The average Bonchev–Trinajstić information content (AvgIpc) is 2.83. The molecule has 0 radical (unpaired) electrons. The Morgan fingerprint density at radius 2 is 1.94 bits per heavy atom. The summed E-state index contributed by atoms with van der Waals surface area (Å²) in [6.45, 7) is 4.62. The molecule has 2 aliphatic rings. The normalized spacial score (nSPS) is 21.3. The lowest BCUT2D eigenvalue weighted by molar-refractivity contribution is -0.0728. The van der Waals surface area contributed by atoms with Gasteiger partial charge in [0, 0.05) is 76.4 Å². The molecule has 174 valence electrons. The van der Waals surface area contributed by atoms with E-state index in [1.54, 1.807) is 18.6 Å². The molecule has 2 saturated heterocycles. The number of pyridine rings is 2. The Hall–Kier alpha value is -2.98. The molecule has 3 aromatic rings. The summed E-state index contributed by atoms with van der Waals surface area (Å²) < 4.78 is 28.6. The molecule has 2 aliphatic heterocycles. The van der Waals surface area contributed by atoms with Crippen molar-refractivity contribution < 1.29 is 8.78 Å². The Kier molecular flexibility index (Phi) is 6.03. The maximum absolute atomic E-state index is 14.3. The maximum atomic E-state index is 14.3. The van der Waals surface area contributed by atoms with Gasteiger partial charge >= 0.3 is 0 Å². The van der Waals surface area contributed by atoms with Crippen molar-refractivity contribution in [2.24, 2.45) is 5.92 Å². The molecule has 0 amide bonds. The second-order valence-corrected chi connectivity index (χ2v) is 8.77. The largest absolute Gasteiger partial charge is 0.368 e. The van der Waals surface area contributed by atoms with Crippen LogP contribution in [-0.4, -0.2) is 83.6 Å². The van der Waals surface area contributed by atoms with Crippen molar-refractivity contribution in [2.75, 3.05) is 63.1 Å². The molecule has 0 saturated carbocycles. The predicted octanol–water partition coefficient (Wildman–Crippen LogP) is 2.50. The lowest BCUT2D eigenvalue weighted by Crippen LogP contribution is -2.47. The molecule has 0 aromatic carbocycles. The first kappa shape index (κ1) is 21.8. The Labute approximate surface area is 191 Å². The molecule has 5 rings (SSSR count). The number of anilines is 2. The summed E-state index contributed by atoms with van der Waals surface area (Å²) in [6, 6.07) is 5.86. The van der Waals surface area contributed by atoms with Crippen LogP contribution < -0.4 is 15.5 Å². The molecule has 1 unspecified atom stereocenters. The Morgan fingerprint density at radius 1 is 1.12 bits per heavy atom. The molecule has 2 fully saturated rings. The SMILES string of the molecule is CN1CCN(c2ccc(-c3cc4nccnc4c(NCC4CNCCC4(F)F)n3)cn2)CC1. The first-order chi connectivity index (χ1) is 16.0. The van der Waals surface area contributed by atoms with Crippen molar-refractivity contribution in [3.8, 4) is 11.3 Å². The monoisotopic (exact) mass is 454 g/mol. The second kappa shape index (κ2) is 9.11. The van der Waals surface area contributed by atoms with E-state index < -0.39 is 11.8 Å². The third-order valence-corrected chi connectivity index (χ3v) is 6.47. The number of hydrogen-bond donors (Lipinski definition) is 2. The average molecular weight is 455 g/mol. The van der Waals surface area contributed by atoms with Crippen molar-refractivity contribution >= 4 is 22.7 Å². The van der Waals surface area contributed by atoms with E-state index in [0.717, 1.165) is 37.6 Å². The zero-order valence-electron chi connectivity index (χ0n) is 18.6. The van der Waals surface area contributed by atoms with Crippen molar-refractivity contribution in [1.29, 1.82) is 0 Å². The summed E-state index contributed by atoms with van der Waals surface area (Å²) in [5.74, 6) is -2.12. The highest BCUT2D eigenvalue weighted by atomic mass is 19.3. The van der Waals surface area contributed by atoms with E-state index in [1.807, 2.05) is 18.2 Å². The smallest absolute Gasteiger partial charge is 0.255 e. The van der Waals surface area contributed by atoms with Gasteiger partial charge in [-0.1, -0.05) is 0 Å². The number of aromatic nitrogens is 4. The van der Waals surface area contributed by atoms with Gasteiger partial charge in [-0.25, -0.2) is 23.7 Å². The molecule has 8 nitrogen and oxygen atoms in total. The number of piperazine rings is 1. The first-order valence-corrected chi connectivity index (χ1v) is 11.3. The van der Waals surface area contributed by atoms with Crippen LogP contribution in [0.2, 0.25) is 0 Å². The van der Waals surface area contributed by atoms with Gasteiger partial charge in [-0.2, -0.15) is 0 Å². The second-order valence-electron chi connectivity index (χ2n) is 8.77. The Balaban J connectivity index is 1.39. The molecule has 0 bridgehead atoms. The van der Waals surface area contributed by atoms with Gasteiger partial charge in [0.25, 0.3) is 5.92 Å². The lowest BCUT2D eigenvalue weighted by Gasteiger charge is -2.33. The van der Waals surface area contributed by atoms with Gasteiger partial charge in [0.2, 0.25) is 0 Å². The summed E-state index contributed by atoms with van der Waals surface area (Å²) in [5, 5.41) is 6.18. The van der Waals surface area contributed by atoms with Gasteiger partial charge in [-0.3, -0.25) is 4.98 Å². The van der Waals surface area contributed by atoms with E-state index in [0.29, 0.717) is 29.1 Å². The van der Waals surface area contributed by atoms with Gasteiger partial charge in [0.05, 0.1) is 17.1 Å². The number of alkyl halides is 2. The summed E-state index contributed by atoms with van der Waals surface area (Å²) >= 11 is 0. The molecule has 1 atom stereocenters. The summed E-state index contributed by atoms with van der Waals surface area (Å²) in [5.41, 5.74) is 2.74. The fraction of sp³-hybridized carbons (Fsp3) is 0.478. The van der Waals surface area contributed by atoms with Crippen LogP contribution in [0.1, 0.15) is 6.42 Å². The van der Waals surface area contributed by atoms with Gasteiger partial charge in [-0.15, -0.1) is 0 Å². The van der Waals surface area contributed by atoms with Gasteiger partial charge in [0.15, 0.2) is 5.82 Å². The maximum Gasteiger partial charge on any atom is 0.255 e. The van der Waals surface area contributed by atoms with Crippen LogP contribution in [0.5, 0.6) is 0 Å². The van der Waals surface area contributed by atoms with Crippen LogP contribution in [0.3, 0.4) is 0 Å². The van der Waals surface area contributed by atoms with E-state index in [4.69, 9.17) is 4.98 Å². The minimum Gasteiger partial charge on any atom is -0.368 e. The zero-order valence-corrected chi connectivity index (χ0v) is 18.6. The van der Waals surface area contributed by atoms with Crippen LogP contribution in [0.15, 0.2) is 36.8 Å². The molecule has 10 heteroatoms. The van der Waals surface area contributed by atoms with Gasteiger partial charge in [-0.05, 0) is 25.2 Å².